The number of amides is 1. The van der Waals surface area contributed by atoms with Gasteiger partial charge < -0.3 is 4.74 Å². The molecule has 130 valence electrons. The Kier molecular flexibility index (Phi) is 5.54. The minimum absolute atomic E-state index is 0.0902. The number of carbonyl (C=O) groups excluding carboxylic acids is 1. The van der Waals surface area contributed by atoms with Crippen molar-refractivity contribution in [3.8, 4) is 0 Å². The van der Waals surface area contributed by atoms with Gasteiger partial charge in [-0.15, -0.1) is 0 Å². The molecule has 0 radical (unpaired) electrons. The molecule has 1 atom stereocenters. The van der Waals surface area contributed by atoms with E-state index in [1.807, 2.05) is 36.1 Å². The predicted octanol–water partition coefficient (Wildman–Crippen LogP) is 5.58. The van der Waals surface area contributed by atoms with Gasteiger partial charge in [-0.1, -0.05) is 74.0 Å². The second kappa shape index (κ2) is 8.02. The van der Waals surface area contributed by atoms with E-state index in [1.54, 1.807) is 0 Å². The quantitative estimate of drug-likeness (QED) is 0.729. The highest BCUT2D eigenvalue weighted by Crippen LogP contribution is 2.37. The summed E-state index contributed by atoms with van der Waals surface area (Å²) in [5, 5.41) is 0. The van der Waals surface area contributed by atoms with Crippen LogP contribution in [0.4, 0.5) is 4.79 Å². The smallest absolute Gasteiger partial charge is 0.410 e. The Morgan fingerprint density at radius 2 is 1.80 bits per heavy atom. The lowest BCUT2D eigenvalue weighted by atomic mass is 9.93. The Morgan fingerprint density at radius 3 is 2.52 bits per heavy atom. The fourth-order valence-electron chi connectivity index (χ4n) is 3.48. The first-order valence-electron chi connectivity index (χ1n) is 9.01. The van der Waals surface area contributed by atoms with Crippen molar-refractivity contribution in [1.82, 2.24) is 4.90 Å². The minimum atomic E-state index is -0.255. The lowest BCUT2D eigenvalue weighted by Gasteiger charge is -2.32. The largest absolute Gasteiger partial charge is 0.450 e. The highest BCUT2D eigenvalue weighted by Gasteiger charge is 2.31. The molecule has 0 fully saturated rings. The van der Waals surface area contributed by atoms with Crippen LogP contribution in [-0.2, 0) is 11.3 Å². The van der Waals surface area contributed by atoms with Crippen LogP contribution in [0.3, 0.4) is 0 Å². The van der Waals surface area contributed by atoms with Crippen LogP contribution in [0.5, 0.6) is 0 Å². The third-order valence-corrected chi connectivity index (χ3v) is 4.56. The van der Waals surface area contributed by atoms with E-state index in [4.69, 9.17) is 4.74 Å². The zero-order chi connectivity index (χ0) is 17.6. The summed E-state index contributed by atoms with van der Waals surface area (Å²) in [6.07, 6.45) is 3.99. The first-order valence-corrected chi connectivity index (χ1v) is 9.01. The summed E-state index contributed by atoms with van der Waals surface area (Å²) in [6.45, 7) is 4.96. The van der Waals surface area contributed by atoms with Crippen LogP contribution in [0.2, 0.25) is 0 Å². The molecule has 3 rings (SSSR count). The Balaban J connectivity index is 2.13. The summed E-state index contributed by atoms with van der Waals surface area (Å²) in [7, 11) is 0. The van der Waals surface area contributed by atoms with Gasteiger partial charge in [0.15, 0.2) is 0 Å². The van der Waals surface area contributed by atoms with Gasteiger partial charge in [0.2, 0.25) is 0 Å². The first-order chi connectivity index (χ1) is 12.2. The van der Waals surface area contributed by atoms with Crippen LogP contribution in [0, 0.1) is 0 Å². The standard InChI is InChI=1S/C22H25NO2/c1-3-10-19-15-18-13-8-9-14-20(18)16-23(22(24)25-4-2)21(19)17-11-6-5-7-12-17/h5-9,11-15,21H,3-4,10,16H2,1-2H3. The fraction of sp³-hybridized carbons (Fsp3) is 0.318. The molecule has 1 heterocycles. The van der Waals surface area contributed by atoms with Crippen molar-refractivity contribution in [1.29, 1.82) is 0 Å². The summed E-state index contributed by atoms with van der Waals surface area (Å²) in [5.41, 5.74) is 4.73. The number of carbonyl (C=O) groups is 1. The molecule has 1 aliphatic rings. The molecule has 0 spiro atoms. The molecule has 1 unspecified atom stereocenters. The van der Waals surface area contributed by atoms with E-state index < -0.39 is 0 Å². The third-order valence-electron chi connectivity index (χ3n) is 4.56. The highest BCUT2D eigenvalue weighted by atomic mass is 16.6. The molecule has 1 aliphatic heterocycles. The molecule has 25 heavy (non-hydrogen) atoms. The normalized spacial score (nSPS) is 16.6. The lowest BCUT2D eigenvalue weighted by Crippen LogP contribution is -2.35. The SMILES string of the molecule is CCCC1=Cc2ccccc2CN(C(=O)OCC)C1c1ccccc1. The van der Waals surface area contributed by atoms with Crippen molar-refractivity contribution in [3.63, 3.8) is 0 Å². The van der Waals surface area contributed by atoms with Gasteiger partial charge in [0.25, 0.3) is 0 Å². The van der Waals surface area contributed by atoms with Gasteiger partial charge in [-0.05, 0) is 35.6 Å². The van der Waals surface area contributed by atoms with Gasteiger partial charge in [0.05, 0.1) is 19.2 Å². The van der Waals surface area contributed by atoms with Crippen LogP contribution >= 0.6 is 0 Å². The van der Waals surface area contributed by atoms with Gasteiger partial charge >= 0.3 is 6.09 Å². The lowest BCUT2D eigenvalue weighted by molar-refractivity contribution is 0.0925. The minimum Gasteiger partial charge on any atom is -0.450 e. The van der Waals surface area contributed by atoms with Crippen molar-refractivity contribution < 1.29 is 9.53 Å². The molecule has 2 aromatic rings. The number of hydrogen-bond donors (Lipinski definition) is 0. The van der Waals surface area contributed by atoms with E-state index >= 15 is 0 Å². The highest BCUT2D eigenvalue weighted by molar-refractivity contribution is 5.72. The first kappa shape index (κ1) is 17.3. The van der Waals surface area contributed by atoms with E-state index in [0.29, 0.717) is 13.2 Å². The van der Waals surface area contributed by atoms with Gasteiger partial charge in [0.1, 0.15) is 0 Å². The van der Waals surface area contributed by atoms with Crippen molar-refractivity contribution in [2.45, 2.75) is 39.3 Å². The number of hydrogen-bond acceptors (Lipinski definition) is 2. The van der Waals surface area contributed by atoms with Crippen molar-refractivity contribution in [2.24, 2.45) is 0 Å². The Hall–Kier alpha value is -2.55. The molecule has 0 bridgehead atoms. The third kappa shape index (κ3) is 3.76. The average molecular weight is 335 g/mol. The van der Waals surface area contributed by atoms with E-state index in [9.17, 15) is 4.79 Å². The molecule has 0 aromatic heterocycles. The van der Waals surface area contributed by atoms with Crippen LogP contribution < -0.4 is 0 Å². The molecule has 3 heteroatoms. The van der Waals surface area contributed by atoms with Crippen molar-refractivity contribution in [2.75, 3.05) is 6.61 Å². The predicted molar refractivity (Wildman–Crippen MR) is 101 cm³/mol. The summed E-state index contributed by atoms with van der Waals surface area (Å²) in [4.78, 5) is 14.6. The molecule has 2 aromatic carbocycles. The Bertz CT molecular complexity index is 752. The topological polar surface area (TPSA) is 29.5 Å². The zero-order valence-corrected chi connectivity index (χ0v) is 14.9. The Labute approximate surface area is 149 Å². The van der Waals surface area contributed by atoms with Crippen LogP contribution in [-0.4, -0.2) is 17.6 Å². The van der Waals surface area contributed by atoms with Crippen LogP contribution in [0.1, 0.15) is 49.4 Å². The maximum Gasteiger partial charge on any atom is 0.410 e. The summed E-state index contributed by atoms with van der Waals surface area (Å²) < 4.78 is 5.39. The molecular formula is C22H25NO2. The second-order valence-electron chi connectivity index (χ2n) is 6.31. The van der Waals surface area contributed by atoms with Crippen molar-refractivity contribution in [3.05, 3.63) is 76.9 Å². The Morgan fingerprint density at radius 1 is 1.08 bits per heavy atom. The molecule has 0 saturated heterocycles. The molecule has 0 N–H and O–H groups in total. The van der Waals surface area contributed by atoms with Gasteiger partial charge in [-0.3, -0.25) is 4.90 Å². The number of fused-ring (bicyclic) bond motifs is 1. The van der Waals surface area contributed by atoms with E-state index in [-0.39, 0.29) is 12.1 Å². The molecular weight excluding hydrogens is 310 g/mol. The van der Waals surface area contributed by atoms with E-state index in [2.05, 4.69) is 43.3 Å². The molecule has 1 amide bonds. The zero-order valence-electron chi connectivity index (χ0n) is 14.9. The molecule has 0 aliphatic carbocycles. The van der Waals surface area contributed by atoms with Gasteiger partial charge in [-0.2, -0.15) is 0 Å². The van der Waals surface area contributed by atoms with Gasteiger partial charge in [-0.25, -0.2) is 4.79 Å². The molecule has 3 nitrogen and oxygen atoms in total. The number of rotatable bonds is 4. The summed E-state index contributed by atoms with van der Waals surface area (Å²) in [6, 6.07) is 18.5. The summed E-state index contributed by atoms with van der Waals surface area (Å²) in [5.74, 6) is 0. The maximum atomic E-state index is 12.8. The van der Waals surface area contributed by atoms with Crippen LogP contribution in [0.15, 0.2) is 60.2 Å². The fourth-order valence-corrected chi connectivity index (χ4v) is 3.48. The van der Waals surface area contributed by atoms with E-state index in [1.165, 1.54) is 11.1 Å². The number of benzene rings is 2. The monoisotopic (exact) mass is 335 g/mol. The van der Waals surface area contributed by atoms with Gasteiger partial charge in [0, 0.05) is 0 Å². The van der Waals surface area contributed by atoms with Crippen molar-refractivity contribution >= 4 is 12.2 Å². The average Bonchev–Trinajstić information content (AvgIpc) is 2.79. The maximum absolute atomic E-state index is 12.8. The number of ether oxygens (including phenoxy) is 1. The second-order valence-corrected chi connectivity index (χ2v) is 6.31. The molecule has 0 saturated carbocycles. The van der Waals surface area contributed by atoms with E-state index in [0.717, 1.165) is 24.0 Å². The number of nitrogens with zero attached hydrogens (tertiary/aromatic N) is 1. The summed E-state index contributed by atoms with van der Waals surface area (Å²) >= 11 is 0. The van der Waals surface area contributed by atoms with Crippen LogP contribution in [0.25, 0.3) is 6.08 Å².